The maximum absolute atomic E-state index is 13.0. The fourth-order valence-corrected chi connectivity index (χ4v) is 15.3. The number of benzene rings is 9. The Labute approximate surface area is 622 Å². The summed E-state index contributed by atoms with van der Waals surface area (Å²) < 4.78 is 36.9. The topological polar surface area (TPSA) is 230 Å². The summed E-state index contributed by atoms with van der Waals surface area (Å²) >= 11 is 0. The highest BCUT2D eigenvalue weighted by atomic mass is 16.5. The van der Waals surface area contributed by atoms with Crippen LogP contribution in [0.5, 0.6) is 17.2 Å². The van der Waals surface area contributed by atoms with Crippen LogP contribution < -0.4 is 19.9 Å². The van der Waals surface area contributed by atoms with Gasteiger partial charge in [-0.1, -0.05) is 42.5 Å². The van der Waals surface area contributed by atoms with Gasteiger partial charge in [-0.15, -0.1) is 0 Å². The fourth-order valence-electron chi connectivity index (χ4n) is 15.3. The first-order chi connectivity index (χ1) is 50.8. The van der Waals surface area contributed by atoms with E-state index >= 15 is 0 Å². The van der Waals surface area contributed by atoms with Crippen LogP contribution in [-0.4, -0.2) is 85.9 Å². The van der Waals surface area contributed by atoms with Crippen molar-refractivity contribution in [3.63, 3.8) is 0 Å². The van der Waals surface area contributed by atoms with Gasteiger partial charge in [0.05, 0.1) is 65.3 Å². The normalized spacial score (nSPS) is 14.0. The first-order valence-electron chi connectivity index (χ1n) is 36.1. The van der Waals surface area contributed by atoms with Crippen LogP contribution in [0.4, 0.5) is 5.69 Å². The lowest BCUT2D eigenvalue weighted by atomic mass is 9.84. The third-order valence-electron chi connectivity index (χ3n) is 19.6. The van der Waals surface area contributed by atoms with Crippen molar-refractivity contribution in [2.24, 2.45) is 5.73 Å². The number of carboxylic acids is 1. The number of carboxylic acid groups (broad SMARTS) is 1. The van der Waals surface area contributed by atoms with Crippen molar-refractivity contribution in [2.75, 3.05) is 19.8 Å². The number of ether oxygens (including phenoxy) is 6. The molecule has 9 aromatic carbocycles. The molecule has 6 heterocycles. The van der Waals surface area contributed by atoms with Gasteiger partial charge in [-0.05, 0) is 288 Å². The second kappa shape index (κ2) is 28.9. The number of hydrogen-bond donors (Lipinski definition) is 2. The van der Waals surface area contributed by atoms with Crippen LogP contribution in [0.1, 0.15) is 172 Å². The van der Waals surface area contributed by atoms with Crippen molar-refractivity contribution < 1.29 is 57.5 Å². The number of hydrogen-bond acceptors (Lipinski definition) is 14. The molecule has 0 saturated heterocycles. The Bertz CT molecular complexity index is 5490. The Morgan fingerprint density at radius 2 is 0.766 bits per heavy atom. The average Bonchev–Trinajstić information content (AvgIpc) is 0.743. The van der Waals surface area contributed by atoms with Crippen molar-refractivity contribution in [3.05, 3.63) is 219 Å². The van der Waals surface area contributed by atoms with E-state index in [0.717, 1.165) is 168 Å². The molecule has 0 aliphatic carbocycles. The number of ketones is 3. The highest BCUT2D eigenvalue weighted by Crippen LogP contribution is 2.50. The molecule has 17 heteroatoms. The van der Waals surface area contributed by atoms with Gasteiger partial charge in [0.1, 0.15) is 35.6 Å². The molecule has 12 aromatic rings. The maximum atomic E-state index is 13.0. The van der Waals surface area contributed by atoms with E-state index in [-0.39, 0.29) is 22.9 Å². The zero-order valence-electron chi connectivity index (χ0n) is 63.1. The summed E-state index contributed by atoms with van der Waals surface area (Å²) in [4.78, 5) is 80.7. The largest absolute Gasteiger partial charge is 0.493 e. The molecule has 0 saturated carbocycles. The molecule has 3 aliphatic heterocycles. The fraction of sp³-hybridized carbons (Fsp3) is 0.300. The molecule has 0 bridgehead atoms. The standard InChI is InChI=1S/C30H30N2O4.C30H28N2O3.C30H29NO5/c1-16-14-20-15-19(29(31)34)6-7-21(20)26(24(16)28(17(2)33)36-30(3,4)5)22-8-9-23-25-18(11-13-35-23)10-12-32-27(22)25;1-17-15-20-16-21(31-6)7-8-22(20)27(25(17)29(18(2)33)35-30(3,4)5)23-9-10-24-26-19(12-14-34-24)11-13-32-28(23)26;1-16-14-20-15-19(29(33)34)6-7-21(20)26(24(16)28(17(2)32)36-30(3,4)5)22-8-9-23-25-18(11-13-35-23)10-12-31-27(22)25/h6-10,12,14-15,28H,11,13H2,1-5H3,(H2,31,34);7-11,13,15-16,29H,12,14H2,1-5H3;6-10,12,14-15,28H,11,13H2,1-5H3,(H,33,34)/t28-;29-;28-/m111/s1. The van der Waals surface area contributed by atoms with Gasteiger partial charge in [-0.25, -0.2) is 9.64 Å². The van der Waals surface area contributed by atoms with E-state index in [1.165, 1.54) is 16.7 Å². The molecule has 544 valence electrons. The van der Waals surface area contributed by atoms with Crippen LogP contribution in [-0.2, 0) is 47.9 Å². The van der Waals surface area contributed by atoms with Crippen LogP contribution in [0.25, 0.3) is 103 Å². The van der Waals surface area contributed by atoms with Crippen LogP contribution in [0.15, 0.2) is 146 Å². The number of carbonyl (C=O) groups excluding carboxylic acids is 4. The van der Waals surface area contributed by atoms with E-state index in [1.807, 2.05) is 199 Å². The summed E-state index contributed by atoms with van der Waals surface area (Å²) in [5.41, 5.74) is 21.6. The quantitative estimate of drug-likeness (QED) is 0.0965. The van der Waals surface area contributed by atoms with Gasteiger partial charge >= 0.3 is 5.97 Å². The van der Waals surface area contributed by atoms with Crippen molar-refractivity contribution in [1.82, 2.24) is 15.0 Å². The minimum absolute atomic E-state index is 0.0552. The summed E-state index contributed by atoms with van der Waals surface area (Å²) in [6.45, 7) is 37.5. The lowest BCUT2D eigenvalue weighted by Gasteiger charge is -2.30. The molecule has 0 fully saturated rings. The maximum Gasteiger partial charge on any atom is 0.335 e. The van der Waals surface area contributed by atoms with Crippen LogP contribution in [0.2, 0.25) is 0 Å². The summed E-state index contributed by atoms with van der Waals surface area (Å²) in [6, 6.07) is 40.3. The van der Waals surface area contributed by atoms with Crippen LogP contribution >= 0.6 is 0 Å². The van der Waals surface area contributed by atoms with Crippen LogP contribution in [0.3, 0.4) is 0 Å². The van der Waals surface area contributed by atoms with E-state index in [2.05, 4.69) is 10.9 Å². The zero-order chi connectivity index (χ0) is 76.5. The Morgan fingerprint density at radius 3 is 1.07 bits per heavy atom. The van der Waals surface area contributed by atoms with Gasteiger partial charge in [0.15, 0.2) is 23.0 Å². The average molecular weight is 1430 g/mol. The van der Waals surface area contributed by atoms with E-state index in [0.29, 0.717) is 31.1 Å². The number of Topliss-reactive ketones (excluding diaryl/α,β-unsaturated/α-hetero) is 3. The predicted octanol–water partition coefficient (Wildman–Crippen LogP) is 19.6. The number of aromatic carboxylic acids is 1. The van der Waals surface area contributed by atoms with Gasteiger partial charge in [0.2, 0.25) is 5.91 Å². The van der Waals surface area contributed by atoms with E-state index < -0.39 is 47.0 Å². The Kier molecular flexibility index (Phi) is 20.0. The number of aryl methyl sites for hydroxylation is 3. The number of nitrogens with two attached hydrogens (primary N) is 1. The summed E-state index contributed by atoms with van der Waals surface area (Å²) in [5, 5.41) is 17.8. The van der Waals surface area contributed by atoms with Gasteiger partial charge < -0.3 is 39.3 Å². The molecule has 17 nitrogen and oxygen atoms in total. The van der Waals surface area contributed by atoms with Gasteiger partial charge in [-0.3, -0.25) is 34.1 Å². The van der Waals surface area contributed by atoms with Crippen molar-refractivity contribution in [2.45, 2.75) is 158 Å². The number of amides is 1. The SMILES string of the molecule is CC(=O)[C@@H](OC(C)(C)C)c1c(C)cc2cc(C(=O)O)ccc2c1-c1ccc2c3c(ccnc13)CCO2.CC(=O)[C@@H](OC(C)(C)C)c1c(C)cc2cc(C(N)=O)ccc2c1-c1ccc2c3c(ccnc13)CCO2.[C-]#[N+]c1ccc2c(-c3ccc4c5c(ccnc35)CCO4)c([C@H](OC(C)(C)C)C(C)=O)c(C)cc2c1. The Morgan fingerprint density at radius 1 is 0.449 bits per heavy atom. The minimum atomic E-state index is -0.988. The second-order valence-corrected chi connectivity index (χ2v) is 30.9. The molecule has 0 spiro atoms. The molecule has 3 atom stereocenters. The molecule has 15 rings (SSSR count). The molecule has 3 aliphatic rings. The number of fused-ring (bicyclic) bond motifs is 3. The number of rotatable bonds is 14. The van der Waals surface area contributed by atoms with Gasteiger partial charge in [-0.2, -0.15) is 0 Å². The molecular weight excluding hydrogens is 1340 g/mol. The molecular formula is C90H87N5O12. The number of primary amides is 1. The van der Waals surface area contributed by atoms with Crippen molar-refractivity contribution in [3.8, 4) is 50.6 Å². The molecule has 1 amide bonds. The van der Waals surface area contributed by atoms with E-state index in [4.69, 9.17) is 55.7 Å². The highest BCUT2D eigenvalue weighted by Gasteiger charge is 2.36. The first kappa shape index (κ1) is 74.0. The molecule has 0 radical (unpaired) electrons. The number of aromatic nitrogens is 3. The van der Waals surface area contributed by atoms with Gasteiger partial charge in [0.25, 0.3) is 0 Å². The van der Waals surface area contributed by atoms with Crippen molar-refractivity contribution in [1.29, 1.82) is 0 Å². The number of nitrogens with zero attached hydrogens (tertiary/aromatic N) is 4. The third kappa shape index (κ3) is 14.7. The lowest BCUT2D eigenvalue weighted by molar-refractivity contribution is -0.139. The lowest BCUT2D eigenvalue weighted by Crippen LogP contribution is -2.27. The molecule has 107 heavy (non-hydrogen) atoms. The summed E-state index contributed by atoms with van der Waals surface area (Å²) in [7, 11) is 0. The summed E-state index contributed by atoms with van der Waals surface area (Å²) in [5.74, 6) is 0.727. The molecule has 0 unspecified atom stereocenters. The van der Waals surface area contributed by atoms with Gasteiger partial charge in [0, 0.05) is 76.3 Å². The summed E-state index contributed by atoms with van der Waals surface area (Å²) in [6.07, 6.45) is 5.60. The smallest absolute Gasteiger partial charge is 0.335 e. The molecule has 3 aromatic heterocycles. The third-order valence-corrected chi connectivity index (χ3v) is 19.6. The van der Waals surface area contributed by atoms with E-state index in [9.17, 15) is 29.1 Å². The van der Waals surface area contributed by atoms with Crippen molar-refractivity contribution >= 4 is 99.9 Å². The second-order valence-electron chi connectivity index (χ2n) is 30.9. The minimum Gasteiger partial charge on any atom is -0.493 e. The highest BCUT2D eigenvalue weighted by molar-refractivity contribution is 6.14. The molecule has 3 N–H and O–H groups in total. The van der Waals surface area contributed by atoms with E-state index in [1.54, 1.807) is 45.0 Å². The Balaban J connectivity index is 0.000000142. The monoisotopic (exact) mass is 1430 g/mol. The number of pyridine rings is 3. The zero-order valence-corrected chi connectivity index (χ0v) is 63.1. The first-order valence-corrected chi connectivity index (χ1v) is 36.1. The Hall–Kier alpha value is -11.3. The number of carbonyl (C=O) groups is 5. The predicted molar refractivity (Wildman–Crippen MR) is 420 cm³/mol. The van der Waals surface area contributed by atoms with Crippen LogP contribution in [0, 0.1) is 27.3 Å².